The van der Waals surface area contributed by atoms with Crippen molar-refractivity contribution in [1.82, 2.24) is 0 Å². The van der Waals surface area contributed by atoms with E-state index < -0.39 is 34.2 Å². The van der Waals surface area contributed by atoms with Gasteiger partial charge in [-0.2, -0.15) is 0 Å². The van der Waals surface area contributed by atoms with E-state index in [0.717, 1.165) is 0 Å². The summed E-state index contributed by atoms with van der Waals surface area (Å²) in [6.07, 6.45) is 0.729. The first-order valence-corrected chi connectivity index (χ1v) is 12.0. The molecule has 0 heterocycles. The fourth-order valence-corrected chi connectivity index (χ4v) is 6.98. The Balaban J connectivity index is 0.000000211. The third kappa shape index (κ3) is 4.36. The van der Waals surface area contributed by atoms with Gasteiger partial charge in [-0.1, -0.05) is 10.2 Å². The van der Waals surface area contributed by atoms with E-state index >= 15 is 0 Å². The zero-order valence-corrected chi connectivity index (χ0v) is 22.1. The molecule has 0 aromatic rings. The molecule has 0 saturated heterocycles. The predicted octanol–water partition coefficient (Wildman–Crippen LogP) is 1.61. The highest BCUT2D eigenvalue weighted by atomic mass is 17.2. The lowest BCUT2D eigenvalue weighted by molar-refractivity contribution is -0.277. The summed E-state index contributed by atoms with van der Waals surface area (Å²) in [5.74, 6) is -1.80. The van der Waals surface area contributed by atoms with Gasteiger partial charge in [0.25, 0.3) is 0 Å². The summed E-state index contributed by atoms with van der Waals surface area (Å²) >= 11 is 0. The van der Waals surface area contributed by atoms with Crippen molar-refractivity contribution in [2.45, 2.75) is 49.0 Å². The third-order valence-electron chi connectivity index (χ3n) is 8.69. The molecule has 0 bridgehead atoms. The molecule has 0 aliphatic heterocycles. The Labute approximate surface area is 218 Å². The average Bonchev–Trinajstić information content (AvgIpc) is 3.70. The largest absolute Gasteiger partial charge is 0.468 e. The second-order valence-electron chi connectivity index (χ2n) is 10.5. The molecule has 0 aromatic heterocycles. The second kappa shape index (κ2) is 10.8. The van der Waals surface area contributed by atoms with Gasteiger partial charge in [0, 0.05) is 9.82 Å². The molecule has 4 aliphatic rings. The van der Waals surface area contributed by atoms with Crippen LogP contribution in [0.4, 0.5) is 0 Å². The summed E-state index contributed by atoms with van der Waals surface area (Å²) in [6, 6.07) is 0. The molecular formula is C22H34N6O10. The maximum Gasteiger partial charge on any atom is 0.321 e. The Hall–Kier alpha value is -2.68. The van der Waals surface area contributed by atoms with Crippen LogP contribution < -0.4 is 0 Å². The minimum atomic E-state index is -1.58. The van der Waals surface area contributed by atoms with Crippen molar-refractivity contribution in [2.75, 3.05) is 41.7 Å². The van der Waals surface area contributed by atoms with E-state index in [1.165, 1.54) is 42.3 Å². The van der Waals surface area contributed by atoms with Gasteiger partial charge in [0.15, 0.2) is 11.1 Å². The smallest absolute Gasteiger partial charge is 0.321 e. The summed E-state index contributed by atoms with van der Waals surface area (Å²) in [6.45, 7) is 3.58. The summed E-state index contributed by atoms with van der Waals surface area (Å²) in [5.41, 5.74) is 11.5. The van der Waals surface area contributed by atoms with Crippen LogP contribution in [0.3, 0.4) is 0 Å². The highest BCUT2D eigenvalue weighted by Gasteiger charge is 2.78. The van der Waals surface area contributed by atoms with Crippen LogP contribution in [0.1, 0.15) is 26.7 Å². The molecule has 0 spiro atoms. The molecule has 10 unspecified atom stereocenters. The van der Waals surface area contributed by atoms with Crippen LogP contribution >= 0.6 is 0 Å². The minimum absolute atomic E-state index is 0.0183. The Morgan fingerprint density at radius 2 is 1.13 bits per heavy atom. The lowest BCUT2D eigenvalue weighted by Crippen LogP contribution is -2.56. The lowest BCUT2D eigenvalue weighted by Gasteiger charge is -2.36. The van der Waals surface area contributed by atoms with E-state index in [0.29, 0.717) is 26.1 Å². The first kappa shape index (κ1) is 29.9. The molecule has 4 rings (SSSR count). The Bertz CT molecular complexity index is 948. The van der Waals surface area contributed by atoms with Crippen LogP contribution in [-0.2, 0) is 38.6 Å². The molecule has 10 atom stereocenters. The number of fused-ring (bicyclic) bond motifs is 2. The van der Waals surface area contributed by atoms with Gasteiger partial charge in [0.05, 0.1) is 52.9 Å². The number of esters is 2. The normalized spacial score (nSPS) is 43.3. The number of azide groups is 2. The number of carbonyl (C=O) groups excluding carboxylic acids is 2. The highest BCUT2D eigenvalue weighted by Crippen LogP contribution is 2.68. The summed E-state index contributed by atoms with van der Waals surface area (Å²) < 4.78 is 9.48. The van der Waals surface area contributed by atoms with E-state index in [1.807, 2.05) is 0 Å². The standard InChI is InChI=1S/2C11H17N3O5/c2*1-10(16)4-6-7(5-19-18-3)8(6)11(10,13-14-12)9(15)17-2/h2*6-8,16H,4-5H2,1-3H3. The molecular weight excluding hydrogens is 508 g/mol. The average molecular weight is 543 g/mol. The molecule has 16 heteroatoms. The van der Waals surface area contributed by atoms with Gasteiger partial charge < -0.3 is 19.7 Å². The monoisotopic (exact) mass is 542 g/mol. The van der Waals surface area contributed by atoms with Crippen molar-refractivity contribution < 1.29 is 48.8 Å². The molecule has 2 N–H and O–H groups in total. The first-order chi connectivity index (χ1) is 17.9. The van der Waals surface area contributed by atoms with Crippen LogP contribution in [0.15, 0.2) is 10.2 Å². The zero-order chi connectivity index (χ0) is 28.5. The second-order valence-corrected chi connectivity index (χ2v) is 10.5. The summed E-state index contributed by atoms with van der Waals surface area (Å²) in [7, 11) is 5.22. The number of rotatable bonds is 10. The molecule has 16 nitrogen and oxygen atoms in total. The topological polar surface area (TPSA) is 228 Å². The van der Waals surface area contributed by atoms with Crippen molar-refractivity contribution in [3.8, 4) is 0 Å². The van der Waals surface area contributed by atoms with Gasteiger partial charge in [0.1, 0.15) is 0 Å². The molecule has 0 amide bonds. The minimum Gasteiger partial charge on any atom is -0.468 e. The van der Waals surface area contributed by atoms with Crippen molar-refractivity contribution in [2.24, 2.45) is 45.7 Å². The Kier molecular flexibility index (Phi) is 8.51. The van der Waals surface area contributed by atoms with Gasteiger partial charge in [-0.15, -0.1) is 0 Å². The molecule has 4 fully saturated rings. The zero-order valence-electron chi connectivity index (χ0n) is 22.1. The molecule has 212 valence electrons. The van der Waals surface area contributed by atoms with E-state index in [4.69, 9.17) is 30.3 Å². The lowest BCUT2D eigenvalue weighted by atomic mass is 9.78. The number of hydrogen-bond donors (Lipinski definition) is 2. The van der Waals surface area contributed by atoms with Gasteiger partial charge in [-0.3, -0.25) is 9.59 Å². The summed E-state index contributed by atoms with van der Waals surface area (Å²) in [5, 5.41) is 28.1. The Morgan fingerprint density at radius 1 is 0.789 bits per heavy atom. The van der Waals surface area contributed by atoms with Crippen molar-refractivity contribution >= 4 is 11.9 Å². The molecule has 4 aliphatic carbocycles. The van der Waals surface area contributed by atoms with Crippen molar-refractivity contribution in [1.29, 1.82) is 0 Å². The quantitative estimate of drug-likeness (QED) is 0.101. The number of methoxy groups -OCH3 is 2. The van der Waals surface area contributed by atoms with Gasteiger partial charge in [-0.05, 0) is 73.3 Å². The van der Waals surface area contributed by atoms with Crippen LogP contribution in [0.2, 0.25) is 0 Å². The van der Waals surface area contributed by atoms with E-state index in [1.54, 1.807) is 0 Å². The highest BCUT2D eigenvalue weighted by molar-refractivity contribution is 5.85. The molecule has 4 saturated carbocycles. The molecule has 38 heavy (non-hydrogen) atoms. The van der Waals surface area contributed by atoms with Crippen LogP contribution in [0, 0.1) is 35.5 Å². The fourth-order valence-electron chi connectivity index (χ4n) is 6.98. The maximum absolute atomic E-state index is 12.1. The maximum atomic E-state index is 12.1. The summed E-state index contributed by atoms with van der Waals surface area (Å²) in [4.78, 5) is 48.5. The van der Waals surface area contributed by atoms with E-state index in [9.17, 15) is 19.8 Å². The van der Waals surface area contributed by atoms with Crippen LogP contribution in [0.25, 0.3) is 20.9 Å². The van der Waals surface area contributed by atoms with Gasteiger partial charge in [0.2, 0.25) is 0 Å². The number of hydrogen-bond acceptors (Lipinski definition) is 12. The van der Waals surface area contributed by atoms with Gasteiger partial charge in [-0.25, -0.2) is 19.6 Å². The number of nitrogens with zero attached hydrogens (tertiary/aromatic N) is 6. The fraction of sp³-hybridized carbons (Fsp3) is 0.909. The third-order valence-corrected chi connectivity index (χ3v) is 8.69. The number of aliphatic hydroxyl groups is 2. The molecule has 0 radical (unpaired) electrons. The molecule has 0 aromatic carbocycles. The Morgan fingerprint density at radius 3 is 1.39 bits per heavy atom. The predicted molar refractivity (Wildman–Crippen MR) is 125 cm³/mol. The SMILES string of the molecule is COOCC1C2CC(C)(O)C(N=[N+]=[N-])(C(=O)OC)C12.COOCC1C2CC(C)(O)C(N=[N+]=[N-])(C(=O)OC)C12. The van der Waals surface area contributed by atoms with Crippen LogP contribution in [-0.4, -0.2) is 86.1 Å². The van der Waals surface area contributed by atoms with E-state index in [2.05, 4.69) is 29.8 Å². The van der Waals surface area contributed by atoms with Crippen molar-refractivity contribution in [3.05, 3.63) is 20.9 Å². The van der Waals surface area contributed by atoms with Crippen molar-refractivity contribution in [3.63, 3.8) is 0 Å². The number of ether oxygens (including phenoxy) is 2. The number of carbonyl (C=O) groups is 2. The van der Waals surface area contributed by atoms with Crippen LogP contribution in [0.5, 0.6) is 0 Å². The first-order valence-electron chi connectivity index (χ1n) is 12.0. The van der Waals surface area contributed by atoms with Gasteiger partial charge >= 0.3 is 11.9 Å². The van der Waals surface area contributed by atoms with E-state index in [-0.39, 0.29) is 35.5 Å².